The van der Waals surface area contributed by atoms with Crippen molar-refractivity contribution in [1.29, 1.82) is 0 Å². The maximum absolute atomic E-state index is 12.3. The number of amides is 1. The number of carbonyl (C=O) groups excluding carboxylic acids is 1. The first kappa shape index (κ1) is 15.3. The van der Waals surface area contributed by atoms with E-state index in [2.05, 4.69) is 22.4 Å². The number of aromatic nitrogens is 1. The molecule has 3 nitrogen and oxygen atoms in total. The third kappa shape index (κ3) is 2.95. The van der Waals surface area contributed by atoms with E-state index in [-0.39, 0.29) is 5.91 Å². The number of aryl methyl sites for hydroxylation is 2. The monoisotopic (exact) mass is 350 g/mol. The van der Waals surface area contributed by atoms with E-state index in [1.807, 2.05) is 13.8 Å². The summed E-state index contributed by atoms with van der Waals surface area (Å²) in [6.07, 6.45) is 0. The Labute approximate surface area is 141 Å². The van der Waals surface area contributed by atoms with Crippen LogP contribution >= 0.6 is 34.5 Å². The minimum Gasteiger partial charge on any atom is -0.298 e. The zero-order chi connectivity index (χ0) is 15.9. The Morgan fingerprint density at radius 2 is 1.95 bits per heavy atom. The molecule has 22 heavy (non-hydrogen) atoms. The van der Waals surface area contributed by atoms with Gasteiger partial charge in [-0.1, -0.05) is 40.6 Å². The quantitative estimate of drug-likeness (QED) is 0.665. The summed E-state index contributed by atoms with van der Waals surface area (Å²) in [6, 6.07) is 8.91. The van der Waals surface area contributed by atoms with E-state index >= 15 is 0 Å². The van der Waals surface area contributed by atoms with Crippen LogP contribution < -0.4 is 5.32 Å². The molecule has 0 spiro atoms. The number of nitrogens with one attached hydrogen (secondary N) is 1. The van der Waals surface area contributed by atoms with Crippen molar-refractivity contribution in [1.82, 2.24) is 4.98 Å². The highest BCUT2D eigenvalue weighted by Gasteiger charge is 2.14. The number of benzene rings is 2. The molecule has 3 rings (SSSR count). The molecule has 0 bridgehead atoms. The zero-order valence-electron chi connectivity index (χ0n) is 11.9. The van der Waals surface area contributed by atoms with E-state index < -0.39 is 0 Å². The second-order valence-electron chi connectivity index (χ2n) is 5.03. The van der Waals surface area contributed by atoms with Gasteiger partial charge in [0.2, 0.25) is 0 Å². The molecule has 6 heteroatoms. The molecule has 1 N–H and O–H groups in total. The molecular weight excluding hydrogens is 339 g/mol. The van der Waals surface area contributed by atoms with Gasteiger partial charge in [-0.25, -0.2) is 4.98 Å². The number of hydrogen-bond donors (Lipinski definition) is 1. The second kappa shape index (κ2) is 5.88. The molecule has 0 radical (unpaired) electrons. The summed E-state index contributed by atoms with van der Waals surface area (Å²) < 4.78 is 1.05. The maximum atomic E-state index is 12.3. The summed E-state index contributed by atoms with van der Waals surface area (Å²) in [4.78, 5) is 16.8. The number of rotatable bonds is 2. The summed E-state index contributed by atoms with van der Waals surface area (Å²) in [5.41, 5.74) is 3.55. The van der Waals surface area contributed by atoms with Crippen LogP contribution in [0.1, 0.15) is 21.5 Å². The van der Waals surface area contributed by atoms with Gasteiger partial charge in [0.15, 0.2) is 5.13 Å². The van der Waals surface area contributed by atoms with Crippen molar-refractivity contribution in [2.24, 2.45) is 0 Å². The standard InChI is InChI=1S/C16H12Cl2N2OS/c1-8-5-9(2)14-13(6-8)22-16(19-14)20-15(21)11-4-3-10(17)7-12(11)18/h3-7H,1-2H3,(H,19,20,21). The molecule has 112 valence electrons. The van der Waals surface area contributed by atoms with E-state index in [0.717, 1.165) is 15.8 Å². The molecular formula is C16H12Cl2N2OS. The van der Waals surface area contributed by atoms with Crippen molar-refractivity contribution < 1.29 is 4.79 Å². The number of nitrogens with zero attached hydrogens (tertiary/aromatic N) is 1. The Balaban J connectivity index is 1.92. The van der Waals surface area contributed by atoms with Crippen LogP contribution in [-0.2, 0) is 0 Å². The summed E-state index contributed by atoms with van der Waals surface area (Å²) in [6.45, 7) is 4.05. The molecule has 2 aromatic carbocycles. The number of halogens is 2. The Morgan fingerprint density at radius 3 is 2.68 bits per heavy atom. The van der Waals surface area contributed by atoms with Gasteiger partial charge in [-0.3, -0.25) is 10.1 Å². The van der Waals surface area contributed by atoms with Crippen molar-refractivity contribution in [2.45, 2.75) is 13.8 Å². The Morgan fingerprint density at radius 1 is 1.18 bits per heavy atom. The lowest BCUT2D eigenvalue weighted by atomic mass is 10.1. The Bertz CT molecular complexity index is 889. The molecule has 0 unspecified atom stereocenters. The smallest absolute Gasteiger partial charge is 0.258 e. The first-order valence-corrected chi connectivity index (χ1v) is 8.15. The van der Waals surface area contributed by atoms with Crippen LogP contribution in [0, 0.1) is 13.8 Å². The highest BCUT2D eigenvalue weighted by atomic mass is 35.5. The summed E-state index contributed by atoms with van der Waals surface area (Å²) >= 11 is 13.3. The van der Waals surface area contributed by atoms with Crippen LogP contribution in [0.25, 0.3) is 10.2 Å². The Kier molecular flexibility index (Phi) is 4.08. The molecule has 0 fully saturated rings. The highest BCUT2D eigenvalue weighted by Crippen LogP contribution is 2.30. The lowest BCUT2D eigenvalue weighted by molar-refractivity contribution is 0.102. The third-order valence-electron chi connectivity index (χ3n) is 3.23. The van der Waals surface area contributed by atoms with Crippen molar-refractivity contribution in [2.75, 3.05) is 5.32 Å². The molecule has 1 heterocycles. The second-order valence-corrected chi connectivity index (χ2v) is 6.90. The van der Waals surface area contributed by atoms with Gasteiger partial charge in [0, 0.05) is 5.02 Å². The van der Waals surface area contributed by atoms with Crippen LogP contribution in [0.5, 0.6) is 0 Å². The molecule has 0 saturated carbocycles. The van der Waals surface area contributed by atoms with E-state index in [9.17, 15) is 4.79 Å². The topological polar surface area (TPSA) is 42.0 Å². The van der Waals surface area contributed by atoms with Gasteiger partial charge in [-0.15, -0.1) is 0 Å². The molecule has 0 saturated heterocycles. The van der Waals surface area contributed by atoms with E-state index in [4.69, 9.17) is 23.2 Å². The van der Waals surface area contributed by atoms with Gasteiger partial charge in [-0.05, 0) is 49.2 Å². The van der Waals surface area contributed by atoms with E-state index in [1.54, 1.807) is 18.2 Å². The summed E-state index contributed by atoms with van der Waals surface area (Å²) in [5.74, 6) is -0.296. The Hall–Kier alpha value is -1.62. The fourth-order valence-corrected chi connectivity index (χ4v) is 3.79. The van der Waals surface area contributed by atoms with Gasteiger partial charge < -0.3 is 0 Å². The van der Waals surface area contributed by atoms with Gasteiger partial charge >= 0.3 is 0 Å². The lowest BCUT2D eigenvalue weighted by Gasteiger charge is -2.04. The zero-order valence-corrected chi connectivity index (χ0v) is 14.2. The fourth-order valence-electron chi connectivity index (χ4n) is 2.26. The molecule has 0 atom stereocenters. The van der Waals surface area contributed by atoms with Gasteiger partial charge in [0.05, 0.1) is 20.8 Å². The van der Waals surface area contributed by atoms with Gasteiger partial charge in [0.1, 0.15) is 0 Å². The molecule has 0 aliphatic heterocycles. The average molecular weight is 351 g/mol. The first-order valence-electron chi connectivity index (χ1n) is 6.58. The minimum absolute atomic E-state index is 0.296. The van der Waals surface area contributed by atoms with E-state index in [0.29, 0.717) is 20.7 Å². The van der Waals surface area contributed by atoms with Crippen LogP contribution in [0.15, 0.2) is 30.3 Å². The summed E-state index contributed by atoms with van der Waals surface area (Å²) in [5, 5.41) is 4.16. The van der Waals surface area contributed by atoms with Crippen molar-refractivity contribution in [3.05, 3.63) is 57.1 Å². The lowest BCUT2D eigenvalue weighted by Crippen LogP contribution is -2.12. The van der Waals surface area contributed by atoms with E-state index in [1.165, 1.54) is 16.9 Å². The highest BCUT2D eigenvalue weighted by molar-refractivity contribution is 7.22. The predicted octanol–water partition coefficient (Wildman–Crippen LogP) is 5.47. The van der Waals surface area contributed by atoms with Crippen LogP contribution in [-0.4, -0.2) is 10.9 Å². The number of carbonyl (C=O) groups is 1. The molecule has 0 aliphatic rings. The SMILES string of the molecule is Cc1cc(C)c2nc(NC(=O)c3ccc(Cl)cc3Cl)sc2c1. The number of thiazole rings is 1. The van der Waals surface area contributed by atoms with Gasteiger partial charge in [-0.2, -0.15) is 0 Å². The van der Waals surface area contributed by atoms with Crippen LogP contribution in [0.4, 0.5) is 5.13 Å². The third-order valence-corrected chi connectivity index (χ3v) is 4.69. The number of anilines is 1. The first-order chi connectivity index (χ1) is 10.4. The largest absolute Gasteiger partial charge is 0.298 e. The normalized spacial score (nSPS) is 10.9. The molecule has 1 amide bonds. The average Bonchev–Trinajstić information content (AvgIpc) is 2.81. The number of fused-ring (bicyclic) bond motifs is 1. The number of hydrogen-bond acceptors (Lipinski definition) is 3. The minimum atomic E-state index is -0.296. The maximum Gasteiger partial charge on any atom is 0.258 e. The van der Waals surface area contributed by atoms with Crippen LogP contribution in [0.3, 0.4) is 0 Å². The van der Waals surface area contributed by atoms with Crippen molar-refractivity contribution >= 4 is 55.8 Å². The van der Waals surface area contributed by atoms with Gasteiger partial charge in [0.25, 0.3) is 5.91 Å². The molecule has 1 aromatic heterocycles. The van der Waals surface area contributed by atoms with Crippen molar-refractivity contribution in [3.63, 3.8) is 0 Å². The molecule has 3 aromatic rings. The van der Waals surface area contributed by atoms with Crippen molar-refractivity contribution in [3.8, 4) is 0 Å². The molecule has 0 aliphatic carbocycles. The predicted molar refractivity (Wildman–Crippen MR) is 93.5 cm³/mol. The summed E-state index contributed by atoms with van der Waals surface area (Å²) in [7, 11) is 0. The fraction of sp³-hybridized carbons (Fsp3) is 0.125. The van der Waals surface area contributed by atoms with Crippen LogP contribution in [0.2, 0.25) is 10.0 Å².